The highest BCUT2D eigenvalue weighted by atomic mass is 16.9. The number of hydrogen-bond donors (Lipinski definition) is 1. The van der Waals surface area contributed by atoms with Crippen molar-refractivity contribution >= 4 is 0 Å². The first-order valence-electron chi connectivity index (χ1n) is 2.44. The minimum Gasteiger partial charge on any atom is -0.245 e. The Bertz CT molecular complexity index is 80.6. The van der Waals surface area contributed by atoms with Crippen molar-refractivity contribution in [3.8, 4) is 0 Å². The number of rotatable bonds is 2. The van der Waals surface area contributed by atoms with Crippen LogP contribution in [0.3, 0.4) is 0 Å². The van der Waals surface area contributed by atoms with Crippen LogP contribution in [0.4, 0.5) is 0 Å². The van der Waals surface area contributed by atoms with Crippen molar-refractivity contribution < 1.29 is 4.94 Å². The van der Waals surface area contributed by atoms with Crippen LogP contribution in [0.25, 0.3) is 0 Å². The zero-order valence-electron chi connectivity index (χ0n) is 4.33. The molecule has 0 unspecified atom stereocenters. The van der Waals surface area contributed by atoms with Gasteiger partial charge in [-0.1, -0.05) is 0 Å². The second-order valence-corrected chi connectivity index (χ2v) is 1.52. The summed E-state index contributed by atoms with van der Waals surface area (Å²) >= 11 is 0. The van der Waals surface area contributed by atoms with Crippen LogP contribution >= 0.6 is 0 Å². The number of hydroxylamine groups is 1. The molecule has 1 N–H and O–H groups in total. The van der Waals surface area contributed by atoms with E-state index in [1.54, 1.807) is 0 Å². The molecular weight excluding hydrogens is 110 g/mol. The molecule has 0 spiro atoms. The molecule has 5 nitrogen and oxygen atoms in total. The standard InChI is InChI=1S/C3H7N3O2/c7-5-8-6-3-1-2-4-6/h4H,1-3H2. The second kappa shape index (κ2) is 2.58. The molecule has 0 saturated carbocycles. The highest BCUT2D eigenvalue weighted by Gasteiger charge is 2.10. The van der Waals surface area contributed by atoms with Gasteiger partial charge in [0.1, 0.15) is 0 Å². The fourth-order valence-electron chi connectivity index (χ4n) is 0.615. The van der Waals surface area contributed by atoms with Gasteiger partial charge in [-0.15, -0.1) is 4.91 Å². The van der Waals surface area contributed by atoms with Crippen molar-refractivity contribution in [2.24, 2.45) is 5.34 Å². The summed E-state index contributed by atoms with van der Waals surface area (Å²) in [6.45, 7) is 1.58. The minimum absolute atomic E-state index is 0.728. The molecule has 8 heavy (non-hydrogen) atoms. The third kappa shape index (κ3) is 1.14. The molecule has 5 heteroatoms. The smallest absolute Gasteiger partial charge is 0.177 e. The molecule has 0 atom stereocenters. The Balaban J connectivity index is 2.14. The van der Waals surface area contributed by atoms with Gasteiger partial charge in [0.25, 0.3) is 0 Å². The maximum Gasteiger partial charge on any atom is 0.177 e. The summed E-state index contributed by atoms with van der Waals surface area (Å²) in [7, 11) is 0. The van der Waals surface area contributed by atoms with Gasteiger partial charge >= 0.3 is 0 Å². The van der Waals surface area contributed by atoms with Crippen LogP contribution in [0.15, 0.2) is 5.34 Å². The Morgan fingerprint density at radius 1 is 1.75 bits per heavy atom. The van der Waals surface area contributed by atoms with Crippen molar-refractivity contribution in [1.82, 2.24) is 10.6 Å². The Morgan fingerprint density at radius 3 is 3.12 bits per heavy atom. The molecule has 1 aliphatic rings. The maximum atomic E-state index is 9.41. The molecule has 0 aliphatic carbocycles. The molecule has 0 aromatic carbocycles. The summed E-state index contributed by atoms with van der Waals surface area (Å²) < 4.78 is 0. The van der Waals surface area contributed by atoms with Gasteiger partial charge in [-0.3, -0.25) is 0 Å². The molecule has 0 aromatic heterocycles. The summed E-state index contributed by atoms with van der Waals surface area (Å²) in [4.78, 5) is 13.6. The number of nitrogens with zero attached hydrogens (tertiary/aromatic N) is 2. The first kappa shape index (κ1) is 5.46. The second-order valence-electron chi connectivity index (χ2n) is 1.52. The van der Waals surface area contributed by atoms with E-state index in [9.17, 15) is 4.91 Å². The van der Waals surface area contributed by atoms with Crippen LogP contribution in [-0.4, -0.2) is 18.3 Å². The van der Waals surface area contributed by atoms with E-state index in [2.05, 4.69) is 15.7 Å². The van der Waals surface area contributed by atoms with E-state index in [4.69, 9.17) is 0 Å². The van der Waals surface area contributed by atoms with Crippen molar-refractivity contribution in [3.05, 3.63) is 4.91 Å². The average molecular weight is 117 g/mol. The quantitative estimate of drug-likeness (QED) is 0.402. The van der Waals surface area contributed by atoms with Crippen LogP contribution in [-0.2, 0) is 4.94 Å². The highest BCUT2D eigenvalue weighted by Crippen LogP contribution is 1.95. The van der Waals surface area contributed by atoms with E-state index >= 15 is 0 Å². The Labute approximate surface area is 46.5 Å². The van der Waals surface area contributed by atoms with E-state index in [1.807, 2.05) is 0 Å². The molecule has 1 saturated heterocycles. The number of hydrazine groups is 1. The lowest BCUT2D eigenvalue weighted by Gasteiger charge is -2.05. The molecule has 1 fully saturated rings. The molecule has 1 aliphatic heterocycles. The maximum absolute atomic E-state index is 9.41. The third-order valence-electron chi connectivity index (χ3n) is 0.958. The molecule has 0 bridgehead atoms. The molecule has 0 aromatic rings. The summed E-state index contributed by atoms with van der Waals surface area (Å²) in [5.41, 5.74) is 2.77. The van der Waals surface area contributed by atoms with E-state index in [0.717, 1.165) is 19.5 Å². The lowest BCUT2D eigenvalue weighted by molar-refractivity contribution is -0.178. The summed E-state index contributed by atoms with van der Waals surface area (Å²) in [5.74, 6) is 0. The predicted molar refractivity (Wildman–Crippen MR) is 26.2 cm³/mol. The molecule has 1 rings (SSSR count). The Kier molecular flexibility index (Phi) is 1.76. The monoisotopic (exact) mass is 117 g/mol. The van der Waals surface area contributed by atoms with Crippen LogP contribution in [0.5, 0.6) is 0 Å². The highest BCUT2D eigenvalue weighted by molar-refractivity contribution is 4.51. The predicted octanol–water partition coefficient (Wildman–Crippen LogP) is -0.190. The Hall–Kier alpha value is -0.680. The first-order chi connectivity index (χ1) is 3.93. The number of nitrogens with one attached hydrogen (secondary N) is 1. The van der Waals surface area contributed by atoms with Gasteiger partial charge in [0.05, 0.1) is 6.54 Å². The fourth-order valence-corrected chi connectivity index (χ4v) is 0.615. The van der Waals surface area contributed by atoms with E-state index in [1.165, 1.54) is 5.17 Å². The molecule has 1 heterocycles. The van der Waals surface area contributed by atoms with E-state index < -0.39 is 0 Å². The molecular formula is C3H7N3O2. The SMILES string of the molecule is O=NON1CCCN1. The molecule has 0 radical (unpaired) electrons. The fraction of sp³-hybridized carbons (Fsp3) is 1.00. The third-order valence-corrected chi connectivity index (χ3v) is 0.958. The van der Waals surface area contributed by atoms with Gasteiger partial charge in [-0.25, -0.2) is 10.4 Å². The van der Waals surface area contributed by atoms with Gasteiger partial charge in [0, 0.05) is 6.54 Å². The van der Waals surface area contributed by atoms with Gasteiger partial charge in [0.2, 0.25) is 0 Å². The molecule has 0 amide bonds. The summed E-state index contributed by atoms with van der Waals surface area (Å²) in [5, 5.41) is 3.54. The zero-order chi connectivity index (χ0) is 5.82. The first-order valence-corrected chi connectivity index (χ1v) is 2.44. The lowest BCUT2D eigenvalue weighted by atomic mass is 10.5. The van der Waals surface area contributed by atoms with Crippen molar-refractivity contribution in [2.45, 2.75) is 6.42 Å². The normalized spacial score (nSPS) is 21.0. The van der Waals surface area contributed by atoms with Crippen molar-refractivity contribution in [1.29, 1.82) is 0 Å². The average Bonchev–Trinajstić information content (AvgIpc) is 2.19. The van der Waals surface area contributed by atoms with E-state index in [0.29, 0.717) is 0 Å². The topological polar surface area (TPSA) is 53.9 Å². The van der Waals surface area contributed by atoms with Gasteiger partial charge < -0.3 is 0 Å². The van der Waals surface area contributed by atoms with Crippen LogP contribution in [0.2, 0.25) is 0 Å². The van der Waals surface area contributed by atoms with E-state index in [-0.39, 0.29) is 0 Å². The van der Waals surface area contributed by atoms with Crippen LogP contribution < -0.4 is 5.43 Å². The van der Waals surface area contributed by atoms with Crippen molar-refractivity contribution in [2.75, 3.05) is 13.1 Å². The molecule has 46 valence electrons. The van der Waals surface area contributed by atoms with Crippen molar-refractivity contribution in [3.63, 3.8) is 0 Å². The summed E-state index contributed by atoms with van der Waals surface area (Å²) in [6, 6.07) is 0. The summed E-state index contributed by atoms with van der Waals surface area (Å²) in [6.07, 6.45) is 0.996. The lowest BCUT2D eigenvalue weighted by Crippen LogP contribution is -2.28. The number of hydrogen-bond acceptors (Lipinski definition) is 5. The largest absolute Gasteiger partial charge is 0.245 e. The minimum atomic E-state index is 0.728. The van der Waals surface area contributed by atoms with Crippen LogP contribution in [0.1, 0.15) is 6.42 Å². The van der Waals surface area contributed by atoms with Crippen LogP contribution in [0, 0.1) is 4.91 Å². The van der Waals surface area contributed by atoms with Gasteiger partial charge in [0.15, 0.2) is 5.34 Å². The zero-order valence-corrected chi connectivity index (χ0v) is 4.33. The van der Waals surface area contributed by atoms with Gasteiger partial charge in [-0.05, 0) is 11.6 Å². The van der Waals surface area contributed by atoms with Gasteiger partial charge in [-0.2, -0.15) is 0 Å². The Morgan fingerprint density at radius 2 is 2.62 bits per heavy atom.